The van der Waals surface area contributed by atoms with Crippen LogP contribution < -0.4 is 5.32 Å². The zero-order valence-corrected chi connectivity index (χ0v) is 13.8. The van der Waals surface area contributed by atoms with E-state index >= 15 is 0 Å². The Bertz CT molecular complexity index is 616. The van der Waals surface area contributed by atoms with Crippen molar-refractivity contribution >= 4 is 23.5 Å². The van der Waals surface area contributed by atoms with E-state index in [1.54, 1.807) is 17.0 Å². The lowest BCUT2D eigenvalue weighted by atomic mass is 9.99. The Balaban J connectivity index is 1.82. The second-order valence-corrected chi connectivity index (χ2v) is 5.91. The minimum atomic E-state index is -0.560. The van der Waals surface area contributed by atoms with Gasteiger partial charge in [0.25, 0.3) is 5.91 Å². The molecule has 0 bridgehead atoms. The van der Waals surface area contributed by atoms with Crippen LogP contribution in [-0.4, -0.2) is 42.4 Å². The average Bonchev–Trinajstić information content (AvgIpc) is 2.60. The summed E-state index contributed by atoms with van der Waals surface area (Å²) in [5, 5.41) is 2.58. The van der Waals surface area contributed by atoms with E-state index in [1.807, 2.05) is 0 Å². The van der Waals surface area contributed by atoms with E-state index in [4.69, 9.17) is 4.74 Å². The Morgan fingerprint density at radius 3 is 2.46 bits per heavy atom. The number of nitrogens with zero attached hydrogens (tertiary/aromatic N) is 1. The van der Waals surface area contributed by atoms with E-state index in [1.165, 1.54) is 12.1 Å². The summed E-state index contributed by atoms with van der Waals surface area (Å²) in [6, 6.07) is 6.25. The van der Waals surface area contributed by atoms with Crippen LogP contribution >= 0.6 is 0 Å². The van der Waals surface area contributed by atoms with Crippen molar-refractivity contribution in [2.75, 3.05) is 25.0 Å². The molecule has 0 aromatic heterocycles. The molecular weight excluding hydrogens is 308 g/mol. The molecule has 1 aromatic carbocycles. The molecule has 0 saturated carbocycles. The number of hydrogen-bond acceptors (Lipinski definition) is 4. The van der Waals surface area contributed by atoms with Crippen molar-refractivity contribution in [2.45, 2.75) is 19.8 Å². The lowest BCUT2D eigenvalue weighted by Gasteiger charge is -2.30. The van der Waals surface area contributed by atoms with Crippen molar-refractivity contribution in [1.82, 2.24) is 4.90 Å². The molecule has 0 atom stereocenters. The Labute approximate surface area is 141 Å². The molecule has 2 rings (SSSR count). The average molecular weight is 330 g/mol. The predicted molar refractivity (Wildman–Crippen MR) is 90.5 cm³/mol. The first-order chi connectivity index (χ1) is 11.5. The van der Waals surface area contributed by atoms with Crippen molar-refractivity contribution in [2.24, 2.45) is 5.92 Å². The van der Waals surface area contributed by atoms with Crippen LogP contribution in [0.3, 0.4) is 0 Å². The quantitative estimate of drug-likeness (QED) is 0.663. The van der Waals surface area contributed by atoms with Gasteiger partial charge in [0.05, 0.1) is 5.56 Å². The number of likely N-dealkylation sites (tertiary alicyclic amines) is 1. The van der Waals surface area contributed by atoms with E-state index in [9.17, 15) is 14.4 Å². The second kappa shape index (κ2) is 8.29. The minimum Gasteiger partial charge on any atom is -0.452 e. The van der Waals surface area contributed by atoms with Crippen LogP contribution in [0.5, 0.6) is 0 Å². The number of carbonyl (C=O) groups excluding carboxylic acids is 3. The molecule has 24 heavy (non-hydrogen) atoms. The number of rotatable bonds is 5. The Hall–Kier alpha value is -2.63. The number of amides is 2. The summed E-state index contributed by atoms with van der Waals surface area (Å²) in [7, 11) is 0. The molecule has 1 N–H and O–H groups in total. The summed E-state index contributed by atoms with van der Waals surface area (Å²) >= 11 is 0. The topological polar surface area (TPSA) is 75.7 Å². The van der Waals surface area contributed by atoms with Gasteiger partial charge in [-0.15, -0.1) is 0 Å². The van der Waals surface area contributed by atoms with Crippen molar-refractivity contribution < 1.29 is 19.1 Å². The van der Waals surface area contributed by atoms with Gasteiger partial charge in [-0.05, 0) is 49.1 Å². The first-order valence-electron chi connectivity index (χ1n) is 7.98. The zero-order valence-electron chi connectivity index (χ0n) is 13.8. The molecule has 6 nitrogen and oxygen atoms in total. The zero-order chi connectivity index (χ0) is 17.5. The minimum absolute atomic E-state index is 0.162. The second-order valence-electron chi connectivity index (χ2n) is 5.91. The normalized spacial score (nSPS) is 14.8. The number of nitrogens with one attached hydrogen (secondary N) is 1. The number of anilines is 1. The number of piperidine rings is 1. The van der Waals surface area contributed by atoms with Crippen LogP contribution in [0.15, 0.2) is 36.9 Å². The summed E-state index contributed by atoms with van der Waals surface area (Å²) in [6.45, 7) is 6.72. The third kappa shape index (κ3) is 4.94. The molecule has 1 aliphatic rings. The van der Waals surface area contributed by atoms with Gasteiger partial charge in [-0.3, -0.25) is 9.59 Å². The van der Waals surface area contributed by atoms with E-state index < -0.39 is 5.97 Å². The van der Waals surface area contributed by atoms with E-state index in [-0.39, 0.29) is 18.4 Å². The van der Waals surface area contributed by atoms with Gasteiger partial charge in [-0.2, -0.15) is 0 Å². The summed E-state index contributed by atoms with van der Waals surface area (Å²) < 4.78 is 5.08. The molecule has 1 aromatic rings. The molecule has 0 unspecified atom stereocenters. The molecule has 1 fully saturated rings. The first kappa shape index (κ1) is 17.7. The highest BCUT2D eigenvalue weighted by molar-refractivity contribution is 5.99. The molecule has 0 spiro atoms. The van der Waals surface area contributed by atoms with Crippen LogP contribution in [0.25, 0.3) is 0 Å². The van der Waals surface area contributed by atoms with Crippen LogP contribution in [0.2, 0.25) is 0 Å². The smallest absolute Gasteiger partial charge is 0.338 e. The highest BCUT2D eigenvalue weighted by Gasteiger charge is 2.21. The highest BCUT2D eigenvalue weighted by atomic mass is 16.5. The summed E-state index contributed by atoms with van der Waals surface area (Å²) in [6.07, 6.45) is 3.13. The standard InChI is InChI=1S/C18H22N2O4/c1-3-16(21)19-15-6-4-14(5-7-15)18(23)24-12-17(22)20-10-8-13(2)9-11-20/h3-7,13H,1,8-12H2,2H3,(H,19,21). The summed E-state index contributed by atoms with van der Waals surface area (Å²) in [5.41, 5.74) is 0.877. The maximum Gasteiger partial charge on any atom is 0.338 e. The Morgan fingerprint density at radius 1 is 1.25 bits per heavy atom. The largest absolute Gasteiger partial charge is 0.452 e. The third-order valence-electron chi connectivity index (χ3n) is 4.04. The van der Waals surface area contributed by atoms with Crippen molar-refractivity contribution in [3.05, 3.63) is 42.5 Å². The molecule has 1 aliphatic heterocycles. The van der Waals surface area contributed by atoms with E-state index in [0.29, 0.717) is 17.2 Å². The number of esters is 1. The van der Waals surface area contributed by atoms with Gasteiger partial charge in [-0.1, -0.05) is 13.5 Å². The lowest BCUT2D eigenvalue weighted by molar-refractivity contribution is -0.135. The monoisotopic (exact) mass is 330 g/mol. The van der Waals surface area contributed by atoms with Gasteiger partial charge in [0.15, 0.2) is 6.61 Å². The SMILES string of the molecule is C=CC(=O)Nc1ccc(C(=O)OCC(=O)N2CCC(C)CC2)cc1. The van der Waals surface area contributed by atoms with Gasteiger partial charge < -0.3 is 15.0 Å². The predicted octanol–water partition coefficient (Wildman–Crippen LogP) is 2.23. The lowest BCUT2D eigenvalue weighted by Crippen LogP contribution is -2.40. The molecule has 1 heterocycles. The molecule has 0 radical (unpaired) electrons. The molecular formula is C18H22N2O4. The number of benzene rings is 1. The molecule has 0 aliphatic carbocycles. The fraction of sp³-hybridized carbons (Fsp3) is 0.389. The van der Waals surface area contributed by atoms with E-state index in [2.05, 4.69) is 18.8 Å². The van der Waals surface area contributed by atoms with Crippen molar-refractivity contribution in [3.8, 4) is 0 Å². The maximum atomic E-state index is 12.0. The molecule has 6 heteroatoms. The first-order valence-corrected chi connectivity index (χ1v) is 7.98. The van der Waals surface area contributed by atoms with Crippen LogP contribution in [0.4, 0.5) is 5.69 Å². The van der Waals surface area contributed by atoms with Gasteiger partial charge in [0.1, 0.15) is 0 Å². The highest BCUT2D eigenvalue weighted by Crippen LogP contribution is 2.16. The molecule has 128 valence electrons. The van der Waals surface area contributed by atoms with Crippen molar-refractivity contribution in [1.29, 1.82) is 0 Å². The summed E-state index contributed by atoms with van der Waals surface area (Å²) in [4.78, 5) is 36.9. The number of hydrogen-bond donors (Lipinski definition) is 1. The number of ether oxygens (including phenoxy) is 1. The van der Waals surface area contributed by atoms with Crippen LogP contribution in [0, 0.1) is 5.92 Å². The maximum absolute atomic E-state index is 12.0. The van der Waals surface area contributed by atoms with Gasteiger partial charge in [0.2, 0.25) is 5.91 Å². The summed E-state index contributed by atoms with van der Waals surface area (Å²) in [5.74, 6) is -0.413. The fourth-order valence-electron chi connectivity index (χ4n) is 2.44. The molecule has 2 amide bonds. The van der Waals surface area contributed by atoms with Crippen molar-refractivity contribution in [3.63, 3.8) is 0 Å². The Kier molecular flexibility index (Phi) is 6.12. The van der Waals surface area contributed by atoms with Gasteiger partial charge in [0, 0.05) is 18.8 Å². The van der Waals surface area contributed by atoms with Gasteiger partial charge in [-0.25, -0.2) is 4.79 Å². The molecule has 1 saturated heterocycles. The Morgan fingerprint density at radius 2 is 1.88 bits per heavy atom. The van der Waals surface area contributed by atoms with Crippen LogP contribution in [0.1, 0.15) is 30.1 Å². The number of carbonyl (C=O) groups is 3. The van der Waals surface area contributed by atoms with E-state index in [0.717, 1.165) is 32.0 Å². The third-order valence-corrected chi connectivity index (χ3v) is 4.04. The van der Waals surface area contributed by atoms with Gasteiger partial charge >= 0.3 is 5.97 Å². The fourth-order valence-corrected chi connectivity index (χ4v) is 2.44. The van der Waals surface area contributed by atoms with Crippen LogP contribution in [-0.2, 0) is 14.3 Å².